The number of halogens is 1. The van der Waals surface area contributed by atoms with E-state index in [1.807, 2.05) is 6.92 Å². The average molecular weight is 274 g/mol. The molecule has 1 aromatic heterocycles. The molecule has 104 valence electrons. The van der Waals surface area contributed by atoms with Crippen molar-refractivity contribution in [1.82, 2.24) is 4.98 Å². The number of carbonyl (C=O) groups is 1. The molecule has 0 bridgehead atoms. The number of nitrogens with zero attached hydrogens (tertiary/aromatic N) is 1. The number of aromatic nitrogens is 1. The Bertz CT molecular complexity index is 616. The predicted molar refractivity (Wildman–Crippen MR) is 73.8 cm³/mol. The number of aryl methyl sites for hydroxylation is 1. The van der Waals surface area contributed by atoms with Crippen molar-refractivity contribution in [1.29, 1.82) is 0 Å². The minimum Gasteiger partial charge on any atom is -0.467 e. The van der Waals surface area contributed by atoms with E-state index in [0.29, 0.717) is 5.56 Å². The molecule has 2 aromatic rings. The van der Waals surface area contributed by atoms with Crippen LogP contribution in [-0.4, -0.2) is 18.1 Å². The lowest BCUT2D eigenvalue weighted by Crippen LogP contribution is -2.23. The summed E-state index contributed by atoms with van der Waals surface area (Å²) in [4.78, 5) is 16.0. The SMILES string of the molecule is COC(=O)C(Nc1ccccc1F)c1cnccc1C. The van der Waals surface area contributed by atoms with Gasteiger partial charge in [0.15, 0.2) is 6.04 Å². The minimum absolute atomic E-state index is 0.242. The largest absolute Gasteiger partial charge is 0.467 e. The van der Waals surface area contributed by atoms with Crippen LogP contribution in [0.25, 0.3) is 0 Å². The zero-order chi connectivity index (χ0) is 14.5. The molecule has 0 saturated carbocycles. The number of esters is 1. The molecule has 0 amide bonds. The van der Waals surface area contributed by atoms with Crippen LogP contribution in [0.5, 0.6) is 0 Å². The van der Waals surface area contributed by atoms with E-state index in [2.05, 4.69) is 10.3 Å². The van der Waals surface area contributed by atoms with Gasteiger partial charge >= 0.3 is 5.97 Å². The third kappa shape index (κ3) is 2.93. The highest BCUT2D eigenvalue weighted by atomic mass is 19.1. The quantitative estimate of drug-likeness (QED) is 0.871. The van der Waals surface area contributed by atoms with Crippen LogP contribution in [0.3, 0.4) is 0 Å². The number of carbonyl (C=O) groups excluding carboxylic acids is 1. The second kappa shape index (κ2) is 6.14. The summed E-state index contributed by atoms with van der Waals surface area (Å²) >= 11 is 0. The van der Waals surface area contributed by atoms with Gasteiger partial charge in [0.05, 0.1) is 12.8 Å². The molecule has 4 nitrogen and oxygen atoms in total. The molecule has 1 atom stereocenters. The molecule has 0 fully saturated rings. The molecule has 0 aliphatic rings. The third-order valence-electron chi connectivity index (χ3n) is 3.00. The Balaban J connectivity index is 2.37. The molecule has 0 spiro atoms. The number of methoxy groups -OCH3 is 1. The van der Waals surface area contributed by atoms with Crippen LogP contribution in [0.15, 0.2) is 42.7 Å². The van der Waals surface area contributed by atoms with E-state index in [-0.39, 0.29) is 5.69 Å². The molecule has 2 rings (SSSR count). The first-order valence-corrected chi connectivity index (χ1v) is 6.13. The number of benzene rings is 1. The summed E-state index contributed by atoms with van der Waals surface area (Å²) in [5.74, 6) is -0.924. The lowest BCUT2D eigenvalue weighted by Gasteiger charge is -2.19. The van der Waals surface area contributed by atoms with Gasteiger partial charge in [-0.25, -0.2) is 9.18 Å². The highest BCUT2D eigenvalue weighted by Gasteiger charge is 2.24. The number of ether oxygens (including phenoxy) is 1. The van der Waals surface area contributed by atoms with E-state index in [9.17, 15) is 9.18 Å². The van der Waals surface area contributed by atoms with E-state index in [4.69, 9.17) is 4.74 Å². The Hall–Kier alpha value is -2.43. The molecular weight excluding hydrogens is 259 g/mol. The van der Waals surface area contributed by atoms with Crippen molar-refractivity contribution in [2.45, 2.75) is 13.0 Å². The topological polar surface area (TPSA) is 51.2 Å². The van der Waals surface area contributed by atoms with Gasteiger partial charge in [-0.2, -0.15) is 0 Å². The van der Waals surface area contributed by atoms with Gasteiger partial charge in [0.2, 0.25) is 0 Å². The molecule has 1 aromatic carbocycles. The van der Waals surface area contributed by atoms with Crippen molar-refractivity contribution >= 4 is 11.7 Å². The van der Waals surface area contributed by atoms with Gasteiger partial charge in [-0.05, 0) is 30.7 Å². The Morgan fingerprint density at radius 2 is 2.10 bits per heavy atom. The molecular formula is C15H15FN2O2. The fourth-order valence-corrected chi connectivity index (χ4v) is 1.89. The molecule has 0 aliphatic heterocycles. The standard InChI is InChI=1S/C15H15FN2O2/c1-10-7-8-17-9-11(10)14(15(19)20-2)18-13-6-4-3-5-12(13)16/h3-9,14,18H,1-2H3. The third-order valence-corrected chi connectivity index (χ3v) is 3.00. The normalized spacial score (nSPS) is 11.8. The van der Waals surface area contributed by atoms with Gasteiger partial charge in [0, 0.05) is 18.0 Å². The van der Waals surface area contributed by atoms with Crippen LogP contribution in [0.2, 0.25) is 0 Å². The van der Waals surface area contributed by atoms with E-state index in [1.165, 1.54) is 13.2 Å². The first-order chi connectivity index (χ1) is 9.63. The first kappa shape index (κ1) is 14.0. The lowest BCUT2D eigenvalue weighted by molar-refractivity contribution is -0.141. The molecule has 0 radical (unpaired) electrons. The predicted octanol–water partition coefficient (Wildman–Crippen LogP) is 2.86. The fourth-order valence-electron chi connectivity index (χ4n) is 1.89. The monoisotopic (exact) mass is 274 g/mol. The number of hydrogen-bond donors (Lipinski definition) is 1. The Morgan fingerprint density at radius 1 is 1.35 bits per heavy atom. The smallest absolute Gasteiger partial charge is 0.333 e. The van der Waals surface area contributed by atoms with E-state index in [1.54, 1.807) is 36.7 Å². The second-order valence-electron chi connectivity index (χ2n) is 4.31. The Morgan fingerprint density at radius 3 is 2.75 bits per heavy atom. The highest BCUT2D eigenvalue weighted by Crippen LogP contribution is 2.24. The van der Waals surface area contributed by atoms with E-state index < -0.39 is 17.8 Å². The molecule has 0 saturated heterocycles. The highest BCUT2D eigenvalue weighted by molar-refractivity contribution is 5.81. The second-order valence-corrected chi connectivity index (χ2v) is 4.31. The first-order valence-electron chi connectivity index (χ1n) is 6.13. The van der Waals surface area contributed by atoms with Crippen molar-refractivity contribution < 1.29 is 13.9 Å². The number of rotatable bonds is 4. The average Bonchev–Trinajstić information content (AvgIpc) is 2.47. The van der Waals surface area contributed by atoms with E-state index >= 15 is 0 Å². The summed E-state index contributed by atoms with van der Waals surface area (Å²) < 4.78 is 18.5. The van der Waals surface area contributed by atoms with Crippen LogP contribution in [0.4, 0.5) is 10.1 Å². The maximum Gasteiger partial charge on any atom is 0.333 e. The van der Waals surface area contributed by atoms with Gasteiger partial charge in [-0.1, -0.05) is 12.1 Å². The van der Waals surface area contributed by atoms with Crippen LogP contribution >= 0.6 is 0 Å². The number of anilines is 1. The van der Waals surface area contributed by atoms with Gasteiger partial charge in [0.1, 0.15) is 5.82 Å². The minimum atomic E-state index is -0.800. The van der Waals surface area contributed by atoms with E-state index in [0.717, 1.165) is 5.56 Å². The van der Waals surface area contributed by atoms with Crippen LogP contribution in [0, 0.1) is 12.7 Å². The number of pyridine rings is 1. The Kier molecular flexibility index (Phi) is 4.30. The summed E-state index contributed by atoms with van der Waals surface area (Å²) in [6, 6.07) is 7.15. The van der Waals surface area contributed by atoms with Crippen LogP contribution in [0.1, 0.15) is 17.2 Å². The number of hydrogen-bond acceptors (Lipinski definition) is 4. The fraction of sp³-hybridized carbons (Fsp3) is 0.200. The van der Waals surface area contributed by atoms with Gasteiger partial charge in [-0.3, -0.25) is 4.98 Å². The summed E-state index contributed by atoms with van der Waals surface area (Å²) in [5.41, 5.74) is 1.77. The van der Waals surface area contributed by atoms with Gasteiger partial charge < -0.3 is 10.1 Å². The summed E-state index contributed by atoms with van der Waals surface area (Å²) in [6.07, 6.45) is 3.21. The molecule has 1 N–H and O–H groups in total. The van der Waals surface area contributed by atoms with Crippen molar-refractivity contribution in [3.05, 3.63) is 59.7 Å². The van der Waals surface area contributed by atoms with Crippen molar-refractivity contribution in [3.8, 4) is 0 Å². The van der Waals surface area contributed by atoms with Crippen LogP contribution < -0.4 is 5.32 Å². The maximum absolute atomic E-state index is 13.7. The van der Waals surface area contributed by atoms with Crippen molar-refractivity contribution in [2.24, 2.45) is 0 Å². The van der Waals surface area contributed by atoms with Gasteiger partial charge in [-0.15, -0.1) is 0 Å². The molecule has 0 aliphatic carbocycles. The molecule has 20 heavy (non-hydrogen) atoms. The molecule has 1 unspecified atom stereocenters. The van der Waals surface area contributed by atoms with Crippen LogP contribution in [-0.2, 0) is 9.53 Å². The zero-order valence-corrected chi connectivity index (χ0v) is 11.3. The summed E-state index contributed by atoms with van der Waals surface area (Å²) in [5, 5.41) is 2.87. The molecule has 1 heterocycles. The zero-order valence-electron chi connectivity index (χ0n) is 11.3. The van der Waals surface area contributed by atoms with Crippen molar-refractivity contribution in [2.75, 3.05) is 12.4 Å². The summed E-state index contributed by atoms with van der Waals surface area (Å²) in [7, 11) is 1.30. The Labute approximate surface area is 116 Å². The molecule has 5 heteroatoms. The number of para-hydroxylation sites is 1. The van der Waals surface area contributed by atoms with Gasteiger partial charge in [0.25, 0.3) is 0 Å². The summed E-state index contributed by atoms with van der Waals surface area (Å²) in [6.45, 7) is 1.86. The van der Waals surface area contributed by atoms with Crippen molar-refractivity contribution in [3.63, 3.8) is 0 Å². The lowest BCUT2D eigenvalue weighted by atomic mass is 10.0. The number of nitrogens with one attached hydrogen (secondary N) is 1. The maximum atomic E-state index is 13.7.